The van der Waals surface area contributed by atoms with E-state index in [0.29, 0.717) is 12.0 Å². The Balaban J connectivity index is 2.01. The van der Waals surface area contributed by atoms with Crippen LogP contribution in [0.2, 0.25) is 0 Å². The molecule has 2 aromatic carbocycles. The molecule has 1 heterocycles. The minimum absolute atomic E-state index is 0.000279. The molecule has 0 N–H and O–H groups in total. The lowest BCUT2D eigenvalue weighted by atomic mass is 9.95. The number of fused-ring (bicyclic) bond motifs is 1. The third kappa shape index (κ3) is 5.07. The summed E-state index contributed by atoms with van der Waals surface area (Å²) in [5.41, 5.74) is 4.08. The predicted molar refractivity (Wildman–Crippen MR) is 111 cm³/mol. The molecular formula is C25H26O3. The van der Waals surface area contributed by atoms with Crippen molar-refractivity contribution in [2.75, 3.05) is 0 Å². The van der Waals surface area contributed by atoms with Gasteiger partial charge in [0, 0.05) is 12.8 Å². The van der Waals surface area contributed by atoms with Gasteiger partial charge in [0.2, 0.25) is 0 Å². The second-order valence-electron chi connectivity index (χ2n) is 7.25. The molecule has 28 heavy (non-hydrogen) atoms. The van der Waals surface area contributed by atoms with Gasteiger partial charge in [-0.2, -0.15) is 0 Å². The molecule has 2 aromatic rings. The SMILES string of the molecule is Cc1cc(C)c2c(c1)CC(=O)/C=C/CC/C=C/C[C@@H](c1ccccc1)OC2=O. The highest BCUT2D eigenvalue weighted by molar-refractivity contribution is 5.97. The summed E-state index contributed by atoms with van der Waals surface area (Å²) in [4.78, 5) is 25.5. The van der Waals surface area contributed by atoms with Gasteiger partial charge in [0.1, 0.15) is 6.10 Å². The van der Waals surface area contributed by atoms with Crippen molar-refractivity contribution in [2.45, 2.75) is 45.6 Å². The lowest BCUT2D eigenvalue weighted by molar-refractivity contribution is -0.114. The number of carbonyl (C=O) groups is 2. The van der Waals surface area contributed by atoms with Crippen molar-refractivity contribution in [3.05, 3.63) is 94.6 Å². The van der Waals surface area contributed by atoms with Crippen LogP contribution >= 0.6 is 0 Å². The van der Waals surface area contributed by atoms with E-state index >= 15 is 0 Å². The number of hydrogen-bond acceptors (Lipinski definition) is 3. The maximum atomic E-state index is 13.1. The molecule has 0 bridgehead atoms. The molecule has 1 atom stereocenters. The Morgan fingerprint density at radius 1 is 0.929 bits per heavy atom. The molecule has 1 aliphatic rings. The summed E-state index contributed by atoms with van der Waals surface area (Å²) < 4.78 is 5.94. The first-order chi connectivity index (χ1) is 13.5. The van der Waals surface area contributed by atoms with Gasteiger partial charge >= 0.3 is 5.97 Å². The first-order valence-corrected chi connectivity index (χ1v) is 9.75. The number of ketones is 1. The van der Waals surface area contributed by atoms with Crippen LogP contribution in [0.1, 0.15) is 58.0 Å². The van der Waals surface area contributed by atoms with Gasteiger partial charge in [0.15, 0.2) is 5.78 Å². The number of carbonyl (C=O) groups excluding carboxylic acids is 2. The van der Waals surface area contributed by atoms with E-state index in [0.717, 1.165) is 35.1 Å². The minimum Gasteiger partial charge on any atom is -0.454 e. The average Bonchev–Trinajstić information content (AvgIpc) is 2.65. The van der Waals surface area contributed by atoms with Crippen molar-refractivity contribution >= 4 is 11.8 Å². The van der Waals surface area contributed by atoms with Gasteiger partial charge in [-0.25, -0.2) is 4.79 Å². The lowest BCUT2D eigenvalue weighted by Crippen LogP contribution is -2.16. The molecule has 0 unspecified atom stereocenters. The highest BCUT2D eigenvalue weighted by atomic mass is 16.5. The Labute approximate surface area is 166 Å². The number of benzene rings is 2. The summed E-state index contributed by atoms with van der Waals surface area (Å²) in [5, 5.41) is 0. The fourth-order valence-electron chi connectivity index (χ4n) is 3.59. The average molecular weight is 374 g/mol. The van der Waals surface area contributed by atoms with Crippen LogP contribution in [0.25, 0.3) is 0 Å². The van der Waals surface area contributed by atoms with Gasteiger partial charge in [0.05, 0.1) is 5.56 Å². The maximum Gasteiger partial charge on any atom is 0.339 e. The Hall–Kier alpha value is -2.94. The van der Waals surface area contributed by atoms with Crippen LogP contribution in [-0.4, -0.2) is 11.8 Å². The third-order valence-corrected chi connectivity index (χ3v) is 4.87. The van der Waals surface area contributed by atoms with Crippen LogP contribution in [0.3, 0.4) is 0 Å². The van der Waals surface area contributed by atoms with Crippen molar-refractivity contribution in [1.29, 1.82) is 0 Å². The molecule has 3 rings (SSSR count). The highest BCUT2D eigenvalue weighted by Crippen LogP contribution is 2.26. The quantitative estimate of drug-likeness (QED) is 0.481. The number of esters is 1. The summed E-state index contributed by atoms with van der Waals surface area (Å²) in [6.45, 7) is 3.87. The molecule has 3 heteroatoms. The number of aryl methyl sites for hydroxylation is 2. The molecule has 0 fully saturated rings. The fourth-order valence-corrected chi connectivity index (χ4v) is 3.59. The van der Waals surface area contributed by atoms with Gasteiger partial charge in [0.25, 0.3) is 0 Å². The van der Waals surface area contributed by atoms with E-state index in [1.54, 1.807) is 6.08 Å². The van der Waals surface area contributed by atoms with E-state index in [2.05, 4.69) is 12.2 Å². The molecule has 0 saturated heterocycles. The second-order valence-corrected chi connectivity index (χ2v) is 7.25. The van der Waals surface area contributed by atoms with Crippen LogP contribution in [0, 0.1) is 13.8 Å². The zero-order valence-electron chi connectivity index (χ0n) is 16.5. The standard InChI is InChI=1S/C25H26O3/c1-18-15-19(2)24-21(16-18)17-22(26)13-9-4-3-5-10-14-23(28-25(24)27)20-11-7-6-8-12-20/h5-13,15-16,23H,3-4,14,17H2,1-2H3/b10-5+,13-9+/t23-/m0/s1. The highest BCUT2D eigenvalue weighted by Gasteiger charge is 2.22. The first kappa shape index (κ1) is 19.8. The monoisotopic (exact) mass is 374 g/mol. The topological polar surface area (TPSA) is 43.4 Å². The van der Waals surface area contributed by atoms with Crippen LogP contribution in [0.15, 0.2) is 66.8 Å². The van der Waals surface area contributed by atoms with Gasteiger partial charge < -0.3 is 4.74 Å². The summed E-state index contributed by atoms with van der Waals surface area (Å²) in [6, 6.07) is 13.7. The van der Waals surface area contributed by atoms with Gasteiger partial charge in [-0.05, 0) is 49.5 Å². The summed E-state index contributed by atoms with van der Waals surface area (Å²) in [5.74, 6) is -0.372. The van der Waals surface area contributed by atoms with Crippen molar-refractivity contribution in [1.82, 2.24) is 0 Å². The number of ether oxygens (including phenoxy) is 1. The Morgan fingerprint density at radius 2 is 1.68 bits per heavy atom. The van der Waals surface area contributed by atoms with E-state index in [4.69, 9.17) is 4.74 Å². The number of cyclic esters (lactones) is 1. The van der Waals surface area contributed by atoms with E-state index in [1.807, 2.05) is 62.4 Å². The molecule has 0 aliphatic carbocycles. The van der Waals surface area contributed by atoms with E-state index in [1.165, 1.54) is 0 Å². The smallest absolute Gasteiger partial charge is 0.339 e. The Kier molecular flexibility index (Phi) is 6.59. The molecular weight excluding hydrogens is 348 g/mol. The second kappa shape index (κ2) is 9.32. The molecule has 1 aliphatic heterocycles. The van der Waals surface area contributed by atoms with Crippen LogP contribution in [0.4, 0.5) is 0 Å². The van der Waals surface area contributed by atoms with Crippen molar-refractivity contribution in [3.8, 4) is 0 Å². The largest absolute Gasteiger partial charge is 0.454 e. The third-order valence-electron chi connectivity index (χ3n) is 4.87. The summed E-state index contributed by atoms with van der Waals surface area (Å²) in [6.07, 6.45) is 9.81. The molecule has 0 aromatic heterocycles. The van der Waals surface area contributed by atoms with E-state index < -0.39 is 0 Å². The van der Waals surface area contributed by atoms with Crippen LogP contribution < -0.4 is 0 Å². The fraction of sp³-hybridized carbons (Fsp3) is 0.280. The van der Waals surface area contributed by atoms with Crippen molar-refractivity contribution in [3.63, 3.8) is 0 Å². The maximum absolute atomic E-state index is 13.1. The van der Waals surface area contributed by atoms with Crippen LogP contribution in [-0.2, 0) is 16.0 Å². The normalized spacial score (nSPS) is 20.6. The molecule has 0 saturated carbocycles. The zero-order chi connectivity index (χ0) is 19.9. The van der Waals surface area contributed by atoms with Gasteiger partial charge in [-0.3, -0.25) is 4.79 Å². The predicted octanol–water partition coefficient (Wildman–Crippen LogP) is 5.61. The van der Waals surface area contributed by atoms with Gasteiger partial charge in [-0.1, -0.05) is 66.3 Å². The van der Waals surface area contributed by atoms with E-state index in [9.17, 15) is 9.59 Å². The lowest BCUT2D eigenvalue weighted by Gasteiger charge is -2.20. The summed E-state index contributed by atoms with van der Waals surface area (Å²) in [7, 11) is 0. The molecule has 0 amide bonds. The van der Waals surface area contributed by atoms with Crippen LogP contribution in [0.5, 0.6) is 0 Å². The Bertz CT molecular complexity index is 907. The van der Waals surface area contributed by atoms with Crippen molar-refractivity contribution in [2.24, 2.45) is 0 Å². The summed E-state index contributed by atoms with van der Waals surface area (Å²) >= 11 is 0. The molecule has 3 nitrogen and oxygen atoms in total. The molecule has 0 radical (unpaired) electrons. The number of allylic oxidation sites excluding steroid dienone is 3. The van der Waals surface area contributed by atoms with Gasteiger partial charge in [-0.15, -0.1) is 0 Å². The molecule has 0 spiro atoms. The minimum atomic E-state index is -0.372. The Morgan fingerprint density at radius 3 is 2.46 bits per heavy atom. The molecule has 144 valence electrons. The van der Waals surface area contributed by atoms with E-state index in [-0.39, 0.29) is 24.3 Å². The number of rotatable bonds is 1. The number of hydrogen-bond donors (Lipinski definition) is 0. The zero-order valence-corrected chi connectivity index (χ0v) is 16.5. The van der Waals surface area contributed by atoms with Crippen molar-refractivity contribution < 1.29 is 14.3 Å². The first-order valence-electron chi connectivity index (χ1n) is 9.75.